The number of aromatic nitrogens is 3. The predicted octanol–water partition coefficient (Wildman–Crippen LogP) is 15.7. The molecule has 0 aliphatic heterocycles. The molecule has 4 nitrogen and oxygen atoms in total. The van der Waals surface area contributed by atoms with Crippen molar-refractivity contribution in [1.29, 1.82) is 0 Å². The van der Waals surface area contributed by atoms with Crippen molar-refractivity contribution in [2.45, 2.75) is 19.3 Å². The number of benzene rings is 9. The van der Waals surface area contributed by atoms with Gasteiger partial charge in [-0.3, -0.25) is 0 Å². The molecule has 1 aliphatic rings. The SMILES string of the molecule is CC1(C)c2ccccc2-c2cc(-c3cccc(-c4nc(-c5cccc(-c6ccccc6)c5)nc(-c5ccc6c(c5)oc5cccc(-c7ccc(-c8ccccc8)cc7)c56)n4)c3)ccc21. The summed E-state index contributed by atoms with van der Waals surface area (Å²) >= 11 is 0. The standard InChI is InChI=1S/C60H41N3O/c1-60(2)52-24-10-9-22-49(52)51-36-44(31-33-53(51)60)43-19-12-21-46(35-43)58-61-57(45-20-11-18-42(34-45)39-16-7-4-8-17-39)62-59(63-58)47-30-32-50-55(37-47)64-54-25-13-23-48(56(50)54)41-28-26-40(27-29-41)38-14-5-3-6-15-38/h3-37H,1-2H3. The van der Waals surface area contributed by atoms with Gasteiger partial charge in [0, 0.05) is 32.9 Å². The minimum Gasteiger partial charge on any atom is -0.456 e. The number of fused-ring (bicyclic) bond motifs is 6. The van der Waals surface area contributed by atoms with Gasteiger partial charge in [0.25, 0.3) is 0 Å². The number of rotatable bonds is 7. The molecule has 64 heavy (non-hydrogen) atoms. The van der Waals surface area contributed by atoms with Crippen molar-refractivity contribution in [3.05, 3.63) is 223 Å². The smallest absolute Gasteiger partial charge is 0.164 e. The largest absolute Gasteiger partial charge is 0.456 e. The summed E-state index contributed by atoms with van der Waals surface area (Å²) in [7, 11) is 0. The van der Waals surface area contributed by atoms with E-state index in [1.807, 2.05) is 18.2 Å². The number of hydrogen-bond donors (Lipinski definition) is 0. The Morgan fingerprint density at radius 2 is 0.766 bits per heavy atom. The Labute approximate surface area is 372 Å². The van der Waals surface area contributed by atoms with Gasteiger partial charge in [0.2, 0.25) is 0 Å². The van der Waals surface area contributed by atoms with E-state index < -0.39 is 0 Å². The molecule has 4 heteroatoms. The average Bonchev–Trinajstić information content (AvgIpc) is 3.85. The fraction of sp³-hybridized carbons (Fsp3) is 0.0500. The lowest BCUT2D eigenvalue weighted by atomic mass is 9.82. The average molecular weight is 820 g/mol. The molecule has 9 aromatic carbocycles. The highest BCUT2D eigenvalue weighted by Crippen LogP contribution is 2.49. The Kier molecular flexibility index (Phi) is 8.80. The lowest BCUT2D eigenvalue weighted by Crippen LogP contribution is -2.14. The van der Waals surface area contributed by atoms with E-state index in [2.05, 4.69) is 208 Å². The Bertz CT molecular complexity index is 3570. The third kappa shape index (κ3) is 6.42. The van der Waals surface area contributed by atoms with Gasteiger partial charge in [0.05, 0.1) is 0 Å². The molecule has 302 valence electrons. The molecular weight excluding hydrogens is 779 g/mol. The van der Waals surface area contributed by atoms with Crippen LogP contribution >= 0.6 is 0 Å². The van der Waals surface area contributed by atoms with E-state index in [0.29, 0.717) is 17.5 Å². The van der Waals surface area contributed by atoms with E-state index in [1.54, 1.807) is 0 Å². The lowest BCUT2D eigenvalue weighted by molar-refractivity contribution is 0.660. The van der Waals surface area contributed by atoms with Crippen molar-refractivity contribution in [1.82, 2.24) is 15.0 Å². The van der Waals surface area contributed by atoms with Crippen molar-refractivity contribution in [2.75, 3.05) is 0 Å². The normalized spacial score (nSPS) is 12.7. The first kappa shape index (κ1) is 37.5. The summed E-state index contributed by atoms with van der Waals surface area (Å²) in [6, 6.07) is 75.0. The fourth-order valence-electron chi connectivity index (χ4n) is 9.65. The van der Waals surface area contributed by atoms with Crippen LogP contribution in [0.25, 0.3) is 112 Å². The van der Waals surface area contributed by atoms with Gasteiger partial charge in [-0.25, -0.2) is 15.0 Å². The van der Waals surface area contributed by atoms with E-state index >= 15 is 0 Å². The third-order valence-electron chi connectivity index (χ3n) is 13.0. The highest BCUT2D eigenvalue weighted by Gasteiger charge is 2.35. The van der Waals surface area contributed by atoms with Crippen LogP contribution in [0.4, 0.5) is 0 Å². The monoisotopic (exact) mass is 819 g/mol. The summed E-state index contributed by atoms with van der Waals surface area (Å²) < 4.78 is 6.62. The second-order valence-electron chi connectivity index (χ2n) is 17.2. The van der Waals surface area contributed by atoms with Crippen molar-refractivity contribution in [3.8, 4) is 89.8 Å². The topological polar surface area (TPSA) is 51.8 Å². The molecule has 0 N–H and O–H groups in total. The van der Waals surface area contributed by atoms with Crippen LogP contribution in [0, 0.1) is 0 Å². The molecule has 12 rings (SSSR count). The summed E-state index contributed by atoms with van der Waals surface area (Å²) in [6.45, 7) is 4.64. The first-order chi connectivity index (χ1) is 31.4. The molecule has 0 spiro atoms. The molecule has 0 saturated carbocycles. The van der Waals surface area contributed by atoms with Crippen LogP contribution in [0.1, 0.15) is 25.0 Å². The van der Waals surface area contributed by atoms with Gasteiger partial charge in [-0.2, -0.15) is 0 Å². The minimum absolute atomic E-state index is 0.0510. The van der Waals surface area contributed by atoms with Crippen molar-refractivity contribution in [2.24, 2.45) is 0 Å². The van der Waals surface area contributed by atoms with Crippen LogP contribution in [0.15, 0.2) is 217 Å². The Hall–Kier alpha value is -8.21. The lowest BCUT2D eigenvalue weighted by Gasteiger charge is -2.21. The first-order valence-electron chi connectivity index (χ1n) is 21.8. The van der Waals surface area contributed by atoms with E-state index in [0.717, 1.165) is 72.0 Å². The summed E-state index contributed by atoms with van der Waals surface area (Å²) in [5.41, 5.74) is 18.7. The van der Waals surface area contributed by atoms with E-state index in [1.165, 1.54) is 33.4 Å². The summed E-state index contributed by atoms with van der Waals surface area (Å²) in [4.78, 5) is 15.6. The summed E-state index contributed by atoms with van der Waals surface area (Å²) in [5.74, 6) is 1.78. The zero-order valence-electron chi connectivity index (χ0n) is 35.5. The highest BCUT2D eigenvalue weighted by atomic mass is 16.3. The quantitative estimate of drug-likeness (QED) is 0.161. The molecule has 0 saturated heterocycles. The molecule has 11 aromatic rings. The molecule has 1 aliphatic carbocycles. The Balaban J connectivity index is 0.968. The van der Waals surface area contributed by atoms with Gasteiger partial charge in [-0.05, 0) is 103 Å². The Morgan fingerprint density at radius 3 is 1.45 bits per heavy atom. The van der Waals surface area contributed by atoms with Crippen molar-refractivity contribution >= 4 is 21.9 Å². The molecule has 0 bridgehead atoms. The highest BCUT2D eigenvalue weighted by molar-refractivity contribution is 6.13. The van der Waals surface area contributed by atoms with Crippen molar-refractivity contribution < 1.29 is 4.42 Å². The zero-order chi connectivity index (χ0) is 42.8. The molecule has 2 aromatic heterocycles. The van der Waals surface area contributed by atoms with Crippen LogP contribution in [-0.2, 0) is 5.41 Å². The number of nitrogens with zero attached hydrogens (tertiary/aromatic N) is 3. The zero-order valence-corrected chi connectivity index (χ0v) is 35.5. The maximum Gasteiger partial charge on any atom is 0.164 e. The second-order valence-corrected chi connectivity index (χ2v) is 17.2. The van der Waals surface area contributed by atoms with Crippen LogP contribution in [-0.4, -0.2) is 15.0 Å². The van der Waals surface area contributed by atoms with E-state index in [4.69, 9.17) is 19.4 Å². The molecule has 2 heterocycles. The van der Waals surface area contributed by atoms with Crippen LogP contribution in [0.3, 0.4) is 0 Å². The molecule has 0 amide bonds. The molecule has 0 fully saturated rings. The molecule has 0 radical (unpaired) electrons. The van der Waals surface area contributed by atoms with Crippen molar-refractivity contribution in [3.63, 3.8) is 0 Å². The maximum absolute atomic E-state index is 6.62. The molecular formula is C60H41N3O. The fourth-order valence-corrected chi connectivity index (χ4v) is 9.65. The number of hydrogen-bond acceptors (Lipinski definition) is 4. The minimum atomic E-state index is -0.0510. The van der Waals surface area contributed by atoms with E-state index in [9.17, 15) is 0 Å². The molecule has 0 atom stereocenters. The van der Waals surface area contributed by atoms with E-state index in [-0.39, 0.29) is 5.41 Å². The predicted molar refractivity (Wildman–Crippen MR) is 263 cm³/mol. The van der Waals surface area contributed by atoms with Gasteiger partial charge >= 0.3 is 0 Å². The van der Waals surface area contributed by atoms with Gasteiger partial charge in [0.1, 0.15) is 11.2 Å². The van der Waals surface area contributed by atoms with Crippen LogP contribution < -0.4 is 0 Å². The molecule has 0 unspecified atom stereocenters. The summed E-state index contributed by atoms with van der Waals surface area (Å²) in [5, 5.41) is 2.13. The third-order valence-corrected chi connectivity index (χ3v) is 13.0. The maximum atomic E-state index is 6.62. The van der Waals surface area contributed by atoms with Gasteiger partial charge in [-0.15, -0.1) is 0 Å². The van der Waals surface area contributed by atoms with Crippen LogP contribution in [0.5, 0.6) is 0 Å². The van der Waals surface area contributed by atoms with Gasteiger partial charge in [0.15, 0.2) is 17.5 Å². The second kappa shape index (κ2) is 15.0. The number of furan rings is 1. The first-order valence-corrected chi connectivity index (χ1v) is 21.8. The van der Waals surface area contributed by atoms with Gasteiger partial charge in [-0.1, -0.05) is 190 Å². The summed E-state index contributed by atoms with van der Waals surface area (Å²) in [6.07, 6.45) is 0. The van der Waals surface area contributed by atoms with Crippen LogP contribution in [0.2, 0.25) is 0 Å². The van der Waals surface area contributed by atoms with Gasteiger partial charge < -0.3 is 4.42 Å². The Morgan fingerprint density at radius 1 is 0.312 bits per heavy atom.